The molecule has 2 aromatic carbocycles. The minimum absolute atomic E-state index is 0.242. The SMILES string of the molecule is CCCCCCCCCCCCCCCCCCCCCCCCC(CCc1ccc(OCc2ccccc2)cc1)C(=O)O. The van der Waals surface area contributed by atoms with Crippen molar-refractivity contribution in [2.75, 3.05) is 0 Å². The Morgan fingerprint density at radius 2 is 0.977 bits per heavy atom. The van der Waals surface area contributed by atoms with Crippen LogP contribution in [0.25, 0.3) is 0 Å². The lowest BCUT2D eigenvalue weighted by Crippen LogP contribution is -2.14. The first-order valence-electron chi connectivity index (χ1n) is 18.7. The van der Waals surface area contributed by atoms with Gasteiger partial charge in [0.15, 0.2) is 0 Å². The Bertz CT molecular complexity index is 907. The molecular formula is C41H66O3. The van der Waals surface area contributed by atoms with Crippen LogP contribution in [0.15, 0.2) is 54.6 Å². The normalized spacial score (nSPS) is 11.9. The van der Waals surface area contributed by atoms with Crippen LogP contribution in [-0.2, 0) is 17.8 Å². The van der Waals surface area contributed by atoms with Gasteiger partial charge in [-0.1, -0.05) is 191 Å². The Kier molecular flexibility index (Phi) is 23.3. The average molecular weight is 607 g/mol. The highest BCUT2D eigenvalue weighted by Gasteiger charge is 2.16. The Morgan fingerprint density at radius 1 is 0.545 bits per heavy atom. The first kappa shape index (κ1) is 37.9. The molecule has 0 aliphatic heterocycles. The predicted octanol–water partition coefficient (Wildman–Crippen LogP) is 12.9. The van der Waals surface area contributed by atoms with E-state index in [4.69, 9.17) is 4.74 Å². The van der Waals surface area contributed by atoms with Gasteiger partial charge in [0, 0.05) is 0 Å². The summed E-state index contributed by atoms with van der Waals surface area (Å²) in [5, 5.41) is 9.73. The molecule has 0 saturated heterocycles. The fourth-order valence-corrected chi connectivity index (χ4v) is 6.22. The maximum Gasteiger partial charge on any atom is 0.306 e. The second-order valence-corrected chi connectivity index (χ2v) is 13.2. The minimum Gasteiger partial charge on any atom is -0.489 e. The van der Waals surface area contributed by atoms with Gasteiger partial charge in [-0.2, -0.15) is 0 Å². The molecule has 0 fully saturated rings. The molecule has 0 saturated carbocycles. The fourth-order valence-electron chi connectivity index (χ4n) is 6.22. The number of aliphatic carboxylic acids is 1. The smallest absolute Gasteiger partial charge is 0.306 e. The van der Waals surface area contributed by atoms with Crippen LogP contribution in [0.3, 0.4) is 0 Å². The molecule has 0 radical (unpaired) electrons. The third kappa shape index (κ3) is 20.6. The van der Waals surface area contributed by atoms with Gasteiger partial charge in [0.1, 0.15) is 12.4 Å². The van der Waals surface area contributed by atoms with Crippen molar-refractivity contribution in [3.05, 3.63) is 65.7 Å². The molecular weight excluding hydrogens is 540 g/mol. The van der Waals surface area contributed by atoms with Crippen LogP contribution in [0, 0.1) is 5.92 Å². The molecule has 3 heteroatoms. The maximum absolute atomic E-state index is 11.8. The van der Waals surface area contributed by atoms with E-state index in [0.717, 1.165) is 37.0 Å². The van der Waals surface area contributed by atoms with Gasteiger partial charge in [0.25, 0.3) is 0 Å². The van der Waals surface area contributed by atoms with Crippen LogP contribution in [0.1, 0.15) is 172 Å². The molecule has 1 N–H and O–H groups in total. The summed E-state index contributed by atoms with van der Waals surface area (Å²) in [6.45, 7) is 2.85. The van der Waals surface area contributed by atoms with Gasteiger partial charge in [-0.3, -0.25) is 4.79 Å². The molecule has 2 aromatic rings. The molecule has 3 nitrogen and oxygen atoms in total. The highest BCUT2D eigenvalue weighted by Crippen LogP contribution is 2.21. The number of carbonyl (C=O) groups is 1. The monoisotopic (exact) mass is 607 g/mol. The van der Waals surface area contributed by atoms with Crippen molar-refractivity contribution >= 4 is 5.97 Å². The quantitative estimate of drug-likeness (QED) is 0.0900. The van der Waals surface area contributed by atoms with Crippen molar-refractivity contribution < 1.29 is 14.6 Å². The van der Waals surface area contributed by atoms with E-state index in [1.165, 1.54) is 134 Å². The first-order valence-corrected chi connectivity index (χ1v) is 18.7. The molecule has 2 rings (SSSR count). The summed E-state index contributed by atoms with van der Waals surface area (Å²) >= 11 is 0. The van der Waals surface area contributed by atoms with Gasteiger partial charge >= 0.3 is 5.97 Å². The number of carboxylic acid groups (broad SMARTS) is 1. The molecule has 1 unspecified atom stereocenters. The van der Waals surface area contributed by atoms with E-state index < -0.39 is 5.97 Å². The third-order valence-electron chi connectivity index (χ3n) is 9.21. The number of unbranched alkanes of at least 4 members (excludes halogenated alkanes) is 21. The standard InChI is InChI=1S/C41H66O3/c1-2-3-4-5-6-7-8-9-10-11-12-13-14-15-16-17-18-19-20-21-22-26-29-39(41(42)43)33-30-37-31-34-40(35-32-37)44-36-38-27-24-23-25-28-38/h23-25,27-28,31-32,34-35,39H,2-22,26,29-30,33,36H2,1H3,(H,42,43). The number of rotatable bonds is 30. The molecule has 0 amide bonds. The second-order valence-electron chi connectivity index (χ2n) is 13.2. The van der Waals surface area contributed by atoms with Crippen molar-refractivity contribution in [3.8, 4) is 5.75 Å². The van der Waals surface area contributed by atoms with E-state index in [1.807, 2.05) is 30.3 Å². The van der Waals surface area contributed by atoms with Crippen LogP contribution in [-0.4, -0.2) is 11.1 Å². The van der Waals surface area contributed by atoms with Gasteiger partial charge in [-0.05, 0) is 42.5 Å². The summed E-state index contributed by atoms with van der Waals surface area (Å²) in [6.07, 6.45) is 32.7. The largest absolute Gasteiger partial charge is 0.489 e. The van der Waals surface area contributed by atoms with E-state index in [1.54, 1.807) is 0 Å². The van der Waals surface area contributed by atoms with Crippen LogP contribution in [0.2, 0.25) is 0 Å². The van der Waals surface area contributed by atoms with Crippen molar-refractivity contribution in [1.82, 2.24) is 0 Å². The number of aryl methyl sites for hydroxylation is 1. The highest BCUT2D eigenvalue weighted by atomic mass is 16.5. The molecule has 44 heavy (non-hydrogen) atoms. The van der Waals surface area contributed by atoms with Crippen molar-refractivity contribution in [2.24, 2.45) is 5.92 Å². The first-order chi connectivity index (χ1) is 21.7. The van der Waals surface area contributed by atoms with Crippen molar-refractivity contribution in [1.29, 1.82) is 0 Å². The summed E-state index contributed by atoms with van der Waals surface area (Å²) in [6, 6.07) is 18.3. The lowest BCUT2D eigenvalue weighted by atomic mass is 9.93. The van der Waals surface area contributed by atoms with Crippen LogP contribution >= 0.6 is 0 Å². The van der Waals surface area contributed by atoms with E-state index in [-0.39, 0.29) is 5.92 Å². The summed E-state index contributed by atoms with van der Waals surface area (Å²) in [5.74, 6) is -0.0346. The zero-order valence-corrected chi connectivity index (χ0v) is 28.4. The van der Waals surface area contributed by atoms with Crippen molar-refractivity contribution in [3.63, 3.8) is 0 Å². The molecule has 1 atom stereocenters. The Labute approximate surface area is 271 Å². The number of benzene rings is 2. The number of carboxylic acids is 1. The lowest BCUT2D eigenvalue weighted by molar-refractivity contribution is -0.142. The van der Waals surface area contributed by atoms with E-state index in [2.05, 4.69) is 31.2 Å². The summed E-state index contributed by atoms with van der Waals surface area (Å²) in [7, 11) is 0. The van der Waals surface area contributed by atoms with E-state index >= 15 is 0 Å². The highest BCUT2D eigenvalue weighted by molar-refractivity contribution is 5.69. The third-order valence-corrected chi connectivity index (χ3v) is 9.21. The summed E-state index contributed by atoms with van der Waals surface area (Å²) < 4.78 is 5.87. The second kappa shape index (κ2) is 27.1. The summed E-state index contributed by atoms with van der Waals surface area (Å²) in [5.41, 5.74) is 2.33. The predicted molar refractivity (Wildman–Crippen MR) is 189 cm³/mol. The van der Waals surface area contributed by atoms with Gasteiger partial charge in [-0.25, -0.2) is 0 Å². The summed E-state index contributed by atoms with van der Waals surface area (Å²) in [4.78, 5) is 11.8. The minimum atomic E-state index is -0.642. The molecule has 0 spiro atoms. The Hall–Kier alpha value is -2.29. The number of hydrogen-bond acceptors (Lipinski definition) is 2. The van der Waals surface area contributed by atoms with Gasteiger partial charge < -0.3 is 9.84 Å². The van der Waals surface area contributed by atoms with Crippen LogP contribution in [0.4, 0.5) is 0 Å². The Balaban J connectivity index is 1.36. The zero-order chi connectivity index (χ0) is 31.3. The molecule has 0 aliphatic carbocycles. The molecule has 0 heterocycles. The maximum atomic E-state index is 11.8. The van der Waals surface area contributed by atoms with E-state index in [9.17, 15) is 9.90 Å². The topological polar surface area (TPSA) is 46.5 Å². The molecule has 0 aromatic heterocycles. The zero-order valence-electron chi connectivity index (χ0n) is 28.4. The Morgan fingerprint density at radius 3 is 1.41 bits per heavy atom. The van der Waals surface area contributed by atoms with Gasteiger partial charge in [0.05, 0.1) is 5.92 Å². The number of ether oxygens (including phenoxy) is 1. The van der Waals surface area contributed by atoms with Crippen molar-refractivity contribution in [2.45, 2.75) is 174 Å². The average Bonchev–Trinajstić information content (AvgIpc) is 3.04. The van der Waals surface area contributed by atoms with Crippen LogP contribution < -0.4 is 4.74 Å². The lowest BCUT2D eigenvalue weighted by Gasteiger charge is -2.13. The molecule has 248 valence electrons. The molecule has 0 bridgehead atoms. The molecule has 0 aliphatic rings. The van der Waals surface area contributed by atoms with Gasteiger partial charge in [0.2, 0.25) is 0 Å². The number of hydrogen-bond donors (Lipinski definition) is 1. The van der Waals surface area contributed by atoms with Crippen LogP contribution in [0.5, 0.6) is 5.75 Å². The fraction of sp³-hybridized carbons (Fsp3) is 0.683. The van der Waals surface area contributed by atoms with E-state index in [0.29, 0.717) is 13.0 Å². The van der Waals surface area contributed by atoms with Gasteiger partial charge in [-0.15, -0.1) is 0 Å².